The third-order valence-electron chi connectivity index (χ3n) is 4.91. The SMILES string of the molecule is Cc1cc(NCc2ccccc2CN2CCC(O)CC2)n2ncnc2n1. The molecule has 1 saturated heterocycles. The average Bonchev–Trinajstić information content (AvgIpc) is 3.11. The van der Waals surface area contributed by atoms with Gasteiger partial charge in [0.15, 0.2) is 0 Å². The average molecular weight is 352 g/mol. The Morgan fingerprint density at radius 3 is 2.77 bits per heavy atom. The van der Waals surface area contributed by atoms with Crippen LogP contribution in [0.4, 0.5) is 5.82 Å². The zero-order valence-corrected chi connectivity index (χ0v) is 15.0. The van der Waals surface area contributed by atoms with E-state index in [2.05, 4.69) is 49.5 Å². The lowest BCUT2D eigenvalue weighted by Gasteiger charge is -2.30. The number of hydrogen-bond donors (Lipinski definition) is 2. The van der Waals surface area contributed by atoms with E-state index < -0.39 is 0 Å². The first-order valence-electron chi connectivity index (χ1n) is 9.07. The Labute approximate surface area is 152 Å². The molecule has 3 heterocycles. The lowest BCUT2D eigenvalue weighted by molar-refractivity contribution is 0.0791. The number of aliphatic hydroxyl groups is 1. The van der Waals surface area contributed by atoms with Crippen LogP contribution >= 0.6 is 0 Å². The van der Waals surface area contributed by atoms with Crippen LogP contribution < -0.4 is 5.32 Å². The molecule has 2 N–H and O–H groups in total. The van der Waals surface area contributed by atoms with Gasteiger partial charge < -0.3 is 10.4 Å². The van der Waals surface area contributed by atoms with E-state index in [4.69, 9.17) is 0 Å². The van der Waals surface area contributed by atoms with Crippen molar-refractivity contribution in [2.24, 2.45) is 0 Å². The molecule has 0 spiro atoms. The van der Waals surface area contributed by atoms with Crippen LogP contribution in [-0.4, -0.2) is 48.8 Å². The number of piperidine rings is 1. The summed E-state index contributed by atoms with van der Waals surface area (Å²) in [5, 5.41) is 17.4. The predicted octanol–water partition coefficient (Wildman–Crippen LogP) is 2.00. The molecule has 3 aromatic rings. The number of nitrogens with one attached hydrogen (secondary N) is 1. The Bertz CT molecular complexity index is 885. The number of aryl methyl sites for hydroxylation is 1. The minimum atomic E-state index is -0.136. The standard InChI is InChI=1S/C19H24N6O/c1-14-10-18(25-19(23-14)21-13-22-25)20-11-15-4-2-3-5-16(15)12-24-8-6-17(26)7-9-24/h2-5,10,13,17,20,26H,6-9,11-12H2,1H3. The first-order valence-corrected chi connectivity index (χ1v) is 9.07. The van der Waals surface area contributed by atoms with Gasteiger partial charge in [-0.25, -0.2) is 4.98 Å². The molecule has 0 unspecified atom stereocenters. The summed E-state index contributed by atoms with van der Waals surface area (Å²) in [6.45, 7) is 5.49. The Morgan fingerprint density at radius 1 is 1.19 bits per heavy atom. The van der Waals surface area contributed by atoms with E-state index in [9.17, 15) is 5.11 Å². The number of anilines is 1. The lowest BCUT2D eigenvalue weighted by Crippen LogP contribution is -2.35. The molecular formula is C19H24N6O. The highest BCUT2D eigenvalue weighted by Gasteiger charge is 2.17. The van der Waals surface area contributed by atoms with Crippen LogP contribution in [0.25, 0.3) is 5.78 Å². The fraction of sp³-hybridized carbons (Fsp3) is 0.421. The van der Waals surface area contributed by atoms with Crippen molar-refractivity contribution < 1.29 is 5.11 Å². The second kappa shape index (κ2) is 7.39. The smallest absolute Gasteiger partial charge is 0.254 e. The van der Waals surface area contributed by atoms with Crippen molar-refractivity contribution in [2.75, 3.05) is 18.4 Å². The molecule has 0 radical (unpaired) electrons. The molecule has 0 bridgehead atoms. The van der Waals surface area contributed by atoms with E-state index in [1.807, 2.05) is 13.0 Å². The topological polar surface area (TPSA) is 78.6 Å². The van der Waals surface area contributed by atoms with Crippen LogP contribution in [0.1, 0.15) is 29.7 Å². The van der Waals surface area contributed by atoms with Crippen molar-refractivity contribution in [3.8, 4) is 0 Å². The van der Waals surface area contributed by atoms with Crippen LogP contribution in [0.3, 0.4) is 0 Å². The van der Waals surface area contributed by atoms with Crippen LogP contribution in [0.5, 0.6) is 0 Å². The maximum Gasteiger partial charge on any atom is 0.254 e. The minimum Gasteiger partial charge on any atom is -0.393 e. The molecule has 1 aliphatic heterocycles. The van der Waals surface area contributed by atoms with Crippen molar-refractivity contribution in [1.82, 2.24) is 24.5 Å². The molecule has 26 heavy (non-hydrogen) atoms. The molecule has 2 aromatic heterocycles. The van der Waals surface area contributed by atoms with Gasteiger partial charge in [-0.2, -0.15) is 14.6 Å². The number of benzene rings is 1. The maximum absolute atomic E-state index is 9.69. The fourth-order valence-electron chi connectivity index (χ4n) is 3.44. The van der Waals surface area contributed by atoms with Crippen molar-refractivity contribution in [3.63, 3.8) is 0 Å². The number of aromatic nitrogens is 4. The largest absolute Gasteiger partial charge is 0.393 e. The quantitative estimate of drug-likeness (QED) is 0.731. The second-order valence-electron chi connectivity index (χ2n) is 6.88. The minimum absolute atomic E-state index is 0.136. The van der Waals surface area contributed by atoms with Gasteiger partial charge in [-0.15, -0.1) is 0 Å². The van der Waals surface area contributed by atoms with E-state index in [0.29, 0.717) is 12.3 Å². The summed E-state index contributed by atoms with van der Waals surface area (Å²) in [5.74, 6) is 1.49. The predicted molar refractivity (Wildman–Crippen MR) is 99.8 cm³/mol. The van der Waals surface area contributed by atoms with Crippen molar-refractivity contribution >= 4 is 11.6 Å². The van der Waals surface area contributed by atoms with Gasteiger partial charge in [0.2, 0.25) is 0 Å². The van der Waals surface area contributed by atoms with E-state index >= 15 is 0 Å². The van der Waals surface area contributed by atoms with Gasteiger partial charge in [-0.05, 0) is 30.9 Å². The normalized spacial score (nSPS) is 16.2. The molecule has 7 nitrogen and oxygen atoms in total. The summed E-state index contributed by atoms with van der Waals surface area (Å²) in [6.07, 6.45) is 3.11. The lowest BCUT2D eigenvalue weighted by atomic mass is 10.0. The van der Waals surface area contributed by atoms with Crippen molar-refractivity contribution in [2.45, 2.75) is 39.0 Å². The number of nitrogens with zero attached hydrogens (tertiary/aromatic N) is 5. The van der Waals surface area contributed by atoms with Crippen LogP contribution in [0, 0.1) is 6.92 Å². The monoisotopic (exact) mass is 352 g/mol. The summed E-state index contributed by atoms with van der Waals surface area (Å²) in [6, 6.07) is 10.5. The highest BCUT2D eigenvalue weighted by molar-refractivity contribution is 5.45. The zero-order valence-electron chi connectivity index (χ0n) is 15.0. The molecule has 0 atom stereocenters. The third kappa shape index (κ3) is 3.68. The van der Waals surface area contributed by atoms with E-state index in [1.54, 1.807) is 4.52 Å². The molecule has 136 valence electrons. The molecular weight excluding hydrogens is 328 g/mol. The number of hydrogen-bond acceptors (Lipinski definition) is 6. The van der Waals surface area contributed by atoms with Crippen molar-refractivity contribution in [1.29, 1.82) is 0 Å². The zero-order chi connectivity index (χ0) is 17.9. The molecule has 0 saturated carbocycles. The van der Waals surface area contributed by atoms with E-state index in [1.165, 1.54) is 17.5 Å². The first kappa shape index (κ1) is 16.9. The van der Waals surface area contributed by atoms with Gasteiger partial charge in [0.25, 0.3) is 5.78 Å². The van der Waals surface area contributed by atoms with Gasteiger partial charge in [0, 0.05) is 37.9 Å². The maximum atomic E-state index is 9.69. The van der Waals surface area contributed by atoms with Gasteiger partial charge >= 0.3 is 0 Å². The van der Waals surface area contributed by atoms with Crippen molar-refractivity contribution in [3.05, 3.63) is 53.5 Å². The highest BCUT2D eigenvalue weighted by atomic mass is 16.3. The Balaban J connectivity index is 1.49. The van der Waals surface area contributed by atoms with E-state index in [-0.39, 0.29) is 6.10 Å². The van der Waals surface area contributed by atoms with E-state index in [0.717, 1.165) is 44.0 Å². The molecule has 1 aliphatic rings. The van der Waals surface area contributed by atoms with Crippen LogP contribution in [0.2, 0.25) is 0 Å². The van der Waals surface area contributed by atoms with Gasteiger partial charge in [-0.3, -0.25) is 4.90 Å². The second-order valence-corrected chi connectivity index (χ2v) is 6.88. The number of rotatable bonds is 5. The van der Waals surface area contributed by atoms with Gasteiger partial charge in [0.05, 0.1) is 6.10 Å². The Hall–Kier alpha value is -2.51. The number of fused-ring (bicyclic) bond motifs is 1. The van der Waals surface area contributed by atoms with Gasteiger partial charge in [0.1, 0.15) is 12.1 Å². The molecule has 0 aliphatic carbocycles. The highest BCUT2D eigenvalue weighted by Crippen LogP contribution is 2.18. The third-order valence-corrected chi connectivity index (χ3v) is 4.91. The molecule has 0 amide bonds. The fourth-order valence-corrected chi connectivity index (χ4v) is 3.44. The Morgan fingerprint density at radius 2 is 1.96 bits per heavy atom. The first-order chi connectivity index (χ1) is 12.7. The Kier molecular flexibility index (Phi) is 4.81. The number of aliphatic hydroxyl groups excluding tert-OH is 1. The van der Waals surface area contributed by atoms with Gasteiger partial charge in [-0.1, -0.05) is 24.3 Å². The summed E-state index contributed by atoms with van der Waals surface area (Å²) in [5.41, 5.74) is 3.49. The molecule has 4 rings (SSSR count). The molecule has 1 fully saturated rings. The summed E-state index contributed by atoms with van der Waals surface area (Å²) in [4.78, 5) is 11.0. The molecule has 7 heteroatoms. The summed E-state index contributed by atoms with van der Waals surface area (Å²) >= 11 is 0. The number of likely N-dealkylation sites (tertiary alicyclic amines) is 1. The molecule has 1 aromatic carbocycles. The summed E-state index contributed by atoms with van der Waals surface area (Å²) < 4.78 is 1.72. The van der Waals surface area contributed by atoms with Crippen LogP contribution in [0.15, 0.2) is 36.7 Å². The van der Waals surface area contributed by atoms with Crippen LogP contribution in [-0.2, 0) is 13.1 Å². The summed E-state index contributed by atoms with van der Waals surface area (Å²) in [7, 11) is 0.